The Morgan fingerprint density at radius 1 is 1.30 bits per heavy atom. The van der Waals surface area contributed by atoms with Crippen LogP contribution < -0.4 is 11.1 Å². The number of nitrogens with zero attached hydrogens (tertiary/aromatic N) is 1. The lowest BCUT2D eigenvalue weighted by Crippen LogP contribution is -2.34. The predicted molar refractivity (Wildman–Crippen MR) is 77.4 cm³/mol. The zero-order valence-corrected chi connectivity index (χ0v) is 11.8. The second kappa shape index (κ2) is 7.37. The lowest BCUT2D eigenvalue weighted by molar-refractivity contribution is -0.130. The fraction of sp³-hybridized carbons (Fsp3) is 0.429. The zero-order chi connectivity index (χ0) is 15.1. The van der Waals surface area contributed by atoms with Crippen molar-refractivity contribution in [2.45, 2.75) is 20.3 Å². The SMILES string of the molecule is CCN(CC)C(=O)CCNC(=O)c1cc(O)ccc1N. The summed E-state index contributed by atoms with van der Waals surface area (Å²) in [6.07, 6.45) is 0.242. The number of nitrogens with two attached hydrogens (primary N) is 1. The summed E-state index contributed by atoms with van der Waals surface area (Å²) in [5.41, 5.74) is 6.16. The van der Waals surface area contributed by atoms with Crippen LogP contribution in [-0.4, -0.2) is 41.5 Å². The third kappa shape index (κ3) is 4.15. The number of rotatable bonds is 6. The molecule has 6 nitrogen and oxygen atoms in total. The van der Waals surface area contributed by atoms with E-state index in [2.05, 4.69) is 5.32 Å². The molecule has 1 aromatic rings. The number of nitrogen functional groups attached to an aromatic ring is 1. The maximum absolute atomic E-state index is 11.9. The standard InChI is InChI=1S/C14H21N3O3/c1-3-17(4-2)13(19)7-8-16-14(20)11-9-10(18)5-6-12(11)15/h5-6,9,18H,3-4,7-8,15H2,1-2H3,(H,16,20). The van der Waals surface area contributed by atoms with Gasteiger partial charge in [-0.05, 0) is 32.0 Å². The van der Waals surface area contributed by atoms with E-state index in [9.17, 15) is 14.7 Å². The number of carbonyl (C=O) groups excluding carboxylic acids is 2. The number of phenolic OH excluding ortho intramolecular Hbond substituents is 1. The van der Waals surface area contributed by atoms with Gasteiger partial charge >= 0.3 is 0 Å². The first-order chi connectivity index (χ1) is 9.49. The van der Waals surface area contributed by atoms with Gasteiger partial charge < -0.3 is 21.1 Å². The van der Waals surface area contributed by atoms with Gasteiger partial charge in [0, 0.05) is 31.7 Å². The number of phenols is 1. The maximum atomic E-state index is 11.9. The molecule has 110 valence electrons. The minimum Gasteiger partial charge on any atom is -0.508 e. The third-order valence-electron chi connectivity index (χ3n) is 3.02. The number of hydrogen-bond acceptors (Lipinski definition) is 4. The van der Waals surface area contributed by atoms with Crippen molar-refractivity contribution in [3.8, 4) is 5.75 Å². The molecule has 0 radical (unpaired) electrons. The van der Waals surface area contributed by atoms with E-state index in [1.165, 1.54) is 18.2 Å². The van der Waals surface area contributed by atoms with E-state index in [1.54, 1.807) is 4.90 Å². The van der Waals surface area contributed by atoms with Crippen LogP contribution in [-0.2, 0) is 4.79 Å². The van der Waals surface area contributed by atoms with Crippen molar-refractivity contribution in [2.24, 2.45) is 0 Å². The van der Waals surface area contributed by atoms with Crippen molar-refractivity contribution in [1.82, 2.24) is 10.2 Å². The van der Waals surface area contributed by atoms with Gasteiger partial charge in [-0.15, -0.1) is 0 Å². The zero-order valence-electron chi connectivity index (χ0n) is 11.8. The van der Waals surface area contributed by atoms with E-state index < -0.39 is 5.91 Å². The van der Waals surface area contributed by atoms with Crippen molar-refractivity contribution in [3.05, 3.63) is 23.8 Å². The van der Waals surface area contributed by atoms with Crippen LogP contribution in [0.2, 0.25) is 0 Å². The number of aromatic hydroxyl groups is 1. The second-order valence-corrected chi connectivity index (χ2v) is 4.34. The van der Waals surface area contributed by atoms with Crippen molar-refractivity contribution in [1.29, 1.82) is 0 Å². The van der Waals surface area contributed by atoms with Crippen molar-refractivity contribution in [3.63, 3.8) is 0 Å². The molecule has 0 aromatic heterocycles. The molecule has 0 unspecified atom stereocenters. The molecular formula is C14H21N3O3. The molecule has 0 aliphatic carbocycles. The molecule has 0 bridgehead atoms. The molecule has 0 saturated carbocycles. The fourth-order valence-corrected chi connectivity index (χ4v) is 1.85. The molecule has 0 fully saturated rings. The van der Waals surface area contributed by atoms with Gasteiger partial charge in [0.25, 0.3) is 5.91 Å². The van der Waals surface area contributed by atoms with E-state index in [1.807, 2.05) is 13.8 Å². The Hall–Kier alpha value is -2.24. The van der Waals surface area contributed by atoms with Gasteiger partial charge in [0.15, 0.2) is 0 Å². The molecule has 0 heterocycles. The molecule has 0 aliphatic heterocycles. The van der Waals surface area contributed by atoms with E-state index in [0.29, 0.717) is 13.1 Å². The van der Waals surface area contributed by atoms with Gasteiger partial charge in [-0.2, -0.15) is 0 Å². The van der Waals surface area contributed by atoms with Gasteiger partial charge in [0.1, 0.15) is 5.75 Å². The molecule has 0 spiro atoms. The summed E-state index contributed by atoms with van der Waals surface area (Å²) in [5.74, 6) is -0.423. The van der Waals surface area contributed by atoms with E-state index in [0.717, 1.165) is 0 Å². The molecule has 1 rings (SSSR count). The number of nitrogens with one attached hydrogen (secondary N) is 1. The number of benzene rings is 1. The Bertz CT molecular complexity index is 485. The van der Waals surface area contributed by atoms with Gasteiger partial charge in [0.05, 0.1) is 5.56 Å². The summed E-state index contributed by atoms with van der Waals surface area (Å²) in [7, 11) is 0. The minimum atomic E-state index is -0.397. The molecule has 0 aliphatic rings. The average molecular weight is 279 g/mol. The smallest absolute Gasteiger partial charge is 0.253 e. The highest BCUT2D eigenvalue weighted by Crippen LogP contribution is 2.18. The van der Waals surface area contributed by atoms with Crippen LogP contribution in [0.15, 0.2) is 18.2 Å². The summed E-state index contributed by atoms with van der Waals surface area (Å²) in [6.45, 7) is 5.37. The lowest BCUT2D eigenvalue weighted by Gasteiger charge is -2.18. The summed E-state index contributed by atoms with van der Waals surface area (Å²) < 4.78 is 0. The Balaban J connectivity index is 2.52. The first-order valence-corrected chi connectivity index (χ1v) is 6.64. The van der Waals surface area contributed by atoms with Crippen LogP contribution in [0.4, 0.5) is 5.69 Å². The molecular weight excluding hydrogens is 258 g/mol. The van der Waals surface area contributed by atoms with E-state index >= 15 is 0 Å². The molecule has 6 heteroatoms. The first kappa shape index (κ1) is 15.8. The monoisotopic (exact) mass is 279 g/mol. The van der Waals surface area contributed by atoms with Gasteiger partial charge in [-0.3, -0.25) is 9.59 Å². The van der Waals surface area contributed by atoms with Crippen molar-refractivity contribution >= 4 is 17.5 Å². The van der Waals surface area contributed by atoms with Crippen LogP contribution in [0.3, 0.4) is 0 Å². The summed E-state index contributed by atoms with van der Waals surface area (Å²) >= 11 is 0. The van der Waals surface area contributed by atoms with Crippen LogP contribution in [0.1, 0.15) is 30.6 Å². The molecule has 2 amide bonds. The lowest BCUT2D eigenvalue weighted by atomic mass is 10.1. The largest absolute Gasteiger partial charge is 0.508 e. The second-order valence-electron chi connectivity index (χ2n) is 4.34. The van der Waals surface area contributed by atoms with Crippen molar-refractivity contribution < 1.29 is 14.7 Å². The molecule has 0 saturated heterocycles. The van der Waals surface area contributed by atoms with E-state index in [-0.39, 0.29) is 35.9 Å². The van der Waals surface area contributed by atoms with Crippen molar-refractivity contribution in [2.75, 3.05) is 25.4 Å². The third-order valence-corrected chi connectivity index (χ3v) is 3.02. The van der Waals surface area contributed by atoms with Gasteiger partial charge in [-0.25, -0.2) is 0 Å². The highest BCUT2D eigenvalue weighted by Gasteiger charge is 2.12. The number of anilines is 1. The predicted octanol–water partition coefficient (Wildman–Crippen LogP) is 0.963. The Kier molecular flexibility index (Phi) is 5.83. The number of hydrogen-bond donors (Lipinski definition) is 3. The first-order valence-electron chi connectivity index (χ1n) is 6.64. The molecule has 4 N–H and O–H groups in total. The van der Waals surface area contributed by atoms with Crippen LogP contribution in [0.5, 0.6) is 5.75 Å². The summed E-state index contributed by atoms with van der Waals surface area (Å²) in [4.78, 5) is 25.3. The Morgan fingerprint density at radius 3 is 2.55 bits per heavy atom. The number of amides is 2. The fourth-order valence-electron chi connectivity index (χ4n) is 1.85. The maximum Gasteiger partial charge on any atom is 0.253 e. The van der Waals surface area contributed by atoms with Gasteiger partial charge in [0.2, 0.25) is 5.91 Å². The van der Waals surface area contributed by atoms with Gasteiger partial charge in [-0.1, -0.05) is 0 Å². The highest BCUT2D eigenvalue weighted by molar-refractivity contribution is 5.99. The summed E-state index contributed by atoms with van der Waals surface area (Å²) in [6, 6.07) is 4.18. The van der Waals surface area contributed by atoms with Crippen LogP contribution in [0.25, 0.3) is 0 Å². The average Bonchev–Trinajstić information content (AvgIpc) is 2.42. The summed E-state index contributed by atoms with van der Waals surface area (Å²) in [5, 5.41) is 12.0. The normalized spacial score (nSPS) is 10.1. The topological polar surface area (TPSA) is 95.7 Å². The Labute approximate surface area is 118 Å². The molecule has 20 heavy (non-hydrogen) atoms. The molecule has 0 atom stereocenters. The van der Waals surface area contributed by atoms with Crippen LogP contribution >= 0.6 is 0 Å². The highest BCUT2D eigenvalue weighted by atomic mass is 16.3. The van der Waals surface area contributed by atoms with Crippen LogP contribution in [0, 0.1) is 0 Å². The molecule has 1 aromatic carbocycles. The Morgan fingerprint density at radius 2 is 1.95 bits per heavy atom. The number of carbonyl (C=O) groups is 2. The minimum absolute atomic E-state index is 0.000758. The van der Waals surface area contributed by atoms with E-state index in [4.69, 9.17) is 5.73 Å². The quantitative estimate of drug-likeness (QED) is 0.534.